The van der Waals surface area contributed by atoms with E-state index in [2.05, 4.69) is 12.2 Å². The second-order valence-corrected chi connectivity index (χ2v) is 12.2. The van der Waals surface area contributed by atoms with Crippen molar-refractivity contribution in [3.8, 4) is 0 Å². The maximum Gasteiger partial charge on any atom is 0.254 e. The number of hydrogen-bond donors (Lipinski definition) is 1. The fourth-order valence-corrected chi connectivity index (χ4v) is 5.99. The van der Waals surface area contributed by atoms with E-state index in [1.807, 2.05) is 29.2 Å². The van der Waals surface area contributed by atoms with E-state index in [0.29, 0.717) is 42.7 Å². The first kappa shape index (κ1) is 24.0. The van der Waals surface area contributed by atoms with Crippen LogP contribution in [0, 0.1) is 5.92 Å². The average Bonchev–Trinajstić information content (AvgIpc) is 3.79. The van der Waals surface area contributed by atoms with Crippen LogP contribution < -0.4 is 5.32 Å². The van der Waals surface area contributed by atoms with E-state index in [-0.39, 0.29) is 22.8 Å². The number of benzene rings is 2. The van der Waals surface area contributed by atoms with Crippen molar-refractivity contribution in [1.29, 1.82) is 0 Å². The predicted octanol–water partition coefficient (Wildman–Crippen LogP) is 3.80. The minimum Gasteiger partial charge on any atom is -0.349 e. The molecule has 0 bridgehead atoms. The van der Waals surface area contributed by atoms with Gasteiger partial charge in [-0.3, -0.25) is 9.59 Å². The van der Waals surface area contributed by atoms with Gasteiger partial charge in [0.25, 0.3) is 11.8 Å². The lowest BCUT2D eigenvalue weighted by Crippen LogP contribution is -2.37. The molecule has 186 valence electrons. The second kappa shape index (κ2) is 9.74. The van der Waals surface area contributed by atoms with Gasteiger partial charge < -0.3 is 10.2 Å². The van der Waals surface area contributed by atoms with E-state index in [1.54, 1.807) is 28.6 Å². The van der Waals surface area contributed by atoms with Gasteiger partial charge in [-0.15, -0.1) is 0 Å². The minimum atomic E-state index is -3.54. The zero-order valence-corrected chi connectivity index (χ0v) is 21.0. The third-order valence-electron chi connectivity index (χ3n) is 7.21. The Balaban J connectivity index is 1.26. The van der Waals surface area contributed by atoms with Crippen LogP contribution in [0.2, 0.25) is 0 Å². The van der Waals surface area contributed by atoms with Gasteiger partial charge in [-0.05, 0) is 86.4 Å². The summed E-state index contributed by atoms with van der Waals surface area (Å²) in [5, 5.41) is 2.99. The number of carbonyl (C=O) groups excluding carboxylic acids is 2. The van der Waals surface area contributed by atoms with Gasteiger partial charge in [0.15, 0.2) is 0 Å². The Kier molecular flexibility index (Phi) is 6.68. The molecule has 3 aliphatic rings. The van der Waals surface area contributed by atoms with Crippen LogP contribution in [0.15, 0.2) is 53.4 Å². The lowest BCUT2D eigenvalue weighted by molar-refractivity contribution is 0.0729. The van der Waals surface area contributed by atoms with E-state index in [0.717, 1.165) is 44.1 Å². The molecule has 35 heavy (non-hydrogen) atoms. The van der Waals surface area contributed by atoms with Gasteiger partial charge >= 0.3 is 0 Å². The quantitative estimate of drug-likeness (QED) is 0.604. The topological polar surface area (TPSA) is 86.8 Å². The molecular weight excluding hydrogens is 462 g/mol. The van der Waals surface area contributed by atoms with E-state index in [4.69, 9.17) is 0 Å². The van der Waals surface area contributed by atoms with Crippen molar-refractivity contribution in [2.45, 2.75) is 69.0 Å². The molecule has 1 N–H and O–H groups in total. The molecular formula is C27H33N3O4S. The summed E-state index contributed by atoms with van der Waals surface area (Å²) in [5.74, 6) is 0.396. The van der Waals surface area contributed by atoms with Crippen LogP contribution in [0.3, 0.4) is 0 Å². The van der Waals surface area contributed by atoms with Crippen LogP contribution in [-0.4, -0.2) is 54.6 Å². The van der Waals surface area contributed by atoms with Crippen molar-refractivity contribution in [3.63, 3.8) is 0 Å². The molecule has 2 aromatic rings. The molecule has 1 aliphatic heterocycles. The number of rotatable bonds is 8. The molecule has 2 aliphatic carbocycles. The first-order valence-corrected chi connectivity index (χ1v) is 14.1. The summed E-state index contributed by atoms with van der Waals surface area (Å²) in [6.07, 6.45) is 5.77. The first-order chi connectivity index (χ1) is 16.8. The predicted molar refractivity (Wildman–Crippen MR) is 133 cm³/mol. The normalized spacial score (nSPS) is 19.3. The zero-order chi connectivity index (χ0) is 24.6. The monoisotopic (exact) mass is 495 g/mol. The summed E-state index contributed by atoms with van der Waals surface area (Å²) in [4.78, 5) is 27.7. The highest BCUT2D eigenvalue weighted by atomic mass is 32.2. The Bertz CT molecular complexity index is 1180. The first-order valence-electron chi connectivity index (χ1n) is 12.6. The van der Waals surface area contributed by atoms with Crippen molar-refractivity contribution < 1.29 is 18.0 Å². The van der Waals surface area contributed by atoms with E-state index in [9.17, 15) is 18.0 Å². The Hall–Kier alpha value is -2.71. The van der Waals surface area contributed by atoms with Gasteiger partial charge in [-0.1, -0.05) is 19.1 Å². The van der Waals surface area contributed by atoms with Crippen molar-refractivity contribution >= 4 is 21.8 Å². The smallest absolute Gasteiger partial charge is 0.254 e. The highest BCUT2D eigenvalue weighted by Crippen LogP contribution is 2.31. The molecule has 2 saturated carbocycles. The van der Waals surface area contributed by atoms with Gasteiger partial charge in [0, 0.05) is 42.8 Å². The molecule has 5 rings (SSSR count). The van der Waals surface area contributed by atoms with E-state index >= 15 is 0 Å². The lowest BCUT2D eigenvalue weighted by Gasteiger charge is -2.29. The Morgan fingerprint density at radius 3 is 2.06 bits per heavy atom. The highest BCUT2D eigenvalue weighted by molar-refractivity contribution is 7.89. The van der Waals surface area contributed by atoms with Crippen LogP contribution >= 0.6 is 0 Å². The molecule has 1 heterocycles. The van der Waals surface area contributed by atoms with Crippen molar-refractivity contribution in [3.05, 3.63) is 65.2 Å². The maximum atomic E-state index is 13.3. The molecule has 0 spiro atoms. The Morgan fingerprint density at radius 1 is 0.886 bits per heavy atom. The van der Waals surface area contributed by atoms with E-state index in [1.165, 1.54) is 0 Å². The number of carbonyl (C=O) groups is 2. The number of piperidine rings is 1. The van der Waals surface area contributed by atoms with Gasteiger partial charge in [0.05, 0.1) is 4.90 Å². The van der Waals surface area contributed by atoms with Crippen LogP contribution in [0.25, 0.3) is 0 Å². The molecule has 7 nitrogen and oxygen atoms in total. The number of nitrogens with one attached hydrogen (secondary N) is 1. The lowest BCUT2D eigenvalue weighted by atomic mass is 10.0. The number of hydrogen-bond acceptors (Lipinski definition) is 4. The number of nitrogens with zero attached hydrogens (tertiary/aromatic N) is 2. The SMILES string of the molecule is CC1CCN(S(=O)(=O)c2ccc(C(=O)N(Cc3ccc(C(=O)NC4CC4)cc3)C3CC3)cc2)CC1. The number of amides is 2. The van der Waals surface area contributed by atoms with Gasteiger partial charge in [-0.25, -0.2) is 8.42 Å². The average molecular weight is 496 g/mol. The molecule has 1 saturated heterocycles. The third-order valence-corrected chi connectivity index (χ3v) is 9.12. The maximum absolute atomic E-state index is 13.3. The van der Waals surface area contributed by atoms with Crippen molar-refractivity contribution in [1.82, 2.24) is 14.5 Å². The molecule has 2 amide bonds. The molecule has 0 radical (unpaired) electrons. The molecule has 0 aromatic heterocycles. The van der Waals surface area contributed by atoms with Crippen LogP contribution in [0.4, 0.5) is 0 Å². The number of sulfonamides is 1. The fraction of sp³-hybridized carbons (Fsp3) is 0.481. The van der Waals surface area contributed by atoms with Crippen LogP contribution in [0.1, 0.15) is 71.7 Å². The summed E-state index contributed by atoms with van der Waals surface area (Å²) < 4.78 is 27.6. The molecule has 0 unspecified atom stereocenters. The largest absolute Gasteiger partial charge is 0.349 e. The van der Waals surface area contributed by atoms with Gasteiger partial charge in [-0.2, -0.15) is 4.31 Å². The second-order valence-electron chi connectivity index (χ2n) is 10.2. The molecule has 8 heteroatoms. The summed E-state index contributed by atoms with van der Waals surface area (Å²) >= 11 is 0. The Morgan fingerprint density at radius 2 is 1.49 bits per heavy atom. The zero-order valence-electron chi connectivity index (χ0n) is 20.2. The van der Waals surface area contributed by atoms with Gasteiger partial charge in [0.1, 0.15) is 0 Å². The molecule has 0 atom stereocenters. The summed E-state index contributed by atoms with van der Waals surface area (Å²) in [6.45, 7) is 3.69. The molecule has 2 aromatic carbocycles. The minimum absolute atomic E-state index is 0.0525. The third kappa shape index (κ3) is 5.59. The highest BCUT2D eigenvalue weighted by Gasteiger charge is 2.34. The summed E-state index contributed by atoms with van der Waals surface area (Å²) in [5.41, 5.74) is 2.08. The van der Waals surface area contributed by atoms with Crippen molar-refractivity contribution in [2.75, 3.05) is 13.1 Å². The van der Waals surface area contributed by atoms with Gasteiger partial charge in [0.2, 0.25) is 10.0 Å². The fourth-order valence-electron chi connectivity index (χ4n) is 4.52. The summed E-state index contributed by atoms with van der Waals surface area (Å²) in [7, 11) is -3.54. The van der Waals surface area contributed by atoms with E-state index < -0.39 is 10.0 Å². The van der Waals surface area contributed by atoms with Crippen molar-refractivity contribution in [2.24, 2.45) is 5.92 Å². The Labute approximate surface area is 207 Å². The van der Waals surface area contributed by atoms with Crippen LogP contribution in [0.5, 0.6) is 0 Å². The standard InChI is InChI=1S/C27H33N3O4S/c1-19-14-16-29(17-15-19)35(33,34)25-12-6-22(7-13-25)27(32)30(24-10-11-24)18-20-2-4-21(5-3-20)26(31)28-23-8-9-23/h2-7,12-13,19,23-24H,8-11,14-18H2,1H3,(H,28,31). The summed E-state index contributed by atoms with van der Waals surface area (Å²) in [6, 6.07) is 14.3. The molecule has 3 fully saturated rings. The van der Waals surface area contributed by atoms with Crippen LogP contribution in [-0.2, 0) is 16.6 Å².